The van der Waals surface area contributed by atoms with E-state index in [9.17, 15) is 4.79 Å². The molecule has 11 heavy (non-hydrogen) atoms. The first kappa shape index (κ1) is 7.45. The molecular weight excluding hydrogens is 138 g/mol. The van der Waals surface area contributed by atoms with Gasteiger partial charge in [-0.05, 0) is 12.2 Å². The number of rotatable bonds is 1. The molecule has 0 fully saturated rings. The number of isocyanates is 1. The Balaban J connectivity index is 2.86. The second-order valence-electron chi connectivity index (χ2n) is 1.92. The topological polar surface area (TPSA) is 29.4 Å². The zero-order valence-corrected chi connectivity index (χ0v) is 5.90. The predicted octanol–water partition coefficient (Wildman–Crippen LogP) is 1.89. The molecule has 0 N–H and O–H groups in total. The molecule has 0 atom stereocenters. The highest BCUT2D eigenvalue weighted by Gasteiger charge is 1.84. The maximum atomic E-state index is 9.86. The van der Waals surface area contributed by atoms with Crippen LogP contribution in [0.2, 0.25) is 0 Å². The Kier molecular flexibility index (Phi) is 2.85. The molecule has 54 valence electrons. The van der Waals surface area contributed by atoms with Crippen LogP contribution in [0.1, 0.15) is 0 Å². The van der Waals surface area contributed by atoms with Crippen LogP contribution in [-0.2, 0) is 4.79 Å². The van der Waals surface area contributed by atoms with Gasteiger partial charge in [0.25, 0.3) is 0 Å². The summed E-state index contributed by atoms with van der Waals surface area (Å²) in [4.78, 5) is 13.3. The Hall–Kier alpha value is -1.66. The van der Waals surface area contributed by atoms with E-state index in [1.165, 1.54) is 6.08 Å². The van der Waals surface area contributed by atoms with Crippen LogP contribution in [0, 0.1) is 0 Å². The number of allylic oxidation sites excluding steroid dienone is 7. The first-order valence-corrected chi connectivity index (χ1v) is 3.23. The molecule has 2 nitrogen and oxygen atoms in total. The lowest BCUT2D eigenvalue weighted by Crippen LogP contribution is -1.71. The van der Waals surface area contributed by atoms with Gasteiger partial charge in [0, 0.05) is 0 Å². The highest BCUT2D eigenvalue weighted by Crippen LogP contribution is 2.01. The van der Waals surface area contributed by atoms with Crippen molar-refractivity contribution in [3.05, 3.63) is 48.2 Å². The number of aliphatic imine (C=N–C) groups is 1. The molecule has 0 saturated carbocycles. The van der Waals surface area contributed by atoms with Crippen LogP contribution in [0.5, 0.6) is 0 Å². The lowest BCUT2D eigenvalue weighted by molar-refractivity contribution is 0.565. The van der Waals surface area contributed by atoms with E-state index in [1.54, 1.807) is 12.2 Å². The third-order valence-electron chi connectivity index (χ3n) is 1.15. The third kappa shape index (κ3) is 2.61. The van der Waals surface area contributed by atoms with Crippen LogP contribution in [0.3, 0.4) is 0 Å². The summed E-state index contributed by atoms with van der Waals surface area (Å²) in [5.74, 6) is 0. The normalized spacial score (nSPS) is 28.2. The van der Waals surface area contributed by atoms with Crippen molar-refractivity contribution >= 4 is 6.08 Å². The maximum absolute atomic E-state index is 9.86. The van der Waals surface area contributed by atoms with Crippen LogP contribution in [0.15, 0.2) is 53.2 Å². The van der Waals surface area contributed by atoms with Crippen LogP contribution < -0.4 is 0 Å². The summed E-state index contributed by atoms with van der Waals surface area (Å²) in [5.41, 5.74) is 0.612. The van der Waals surface area contributed by atoms with E-state index >= 15 is 0 Å². The molecule has 0 amide bonds. The Morgan fingerprint density at radius 2 is 1.82 bits per heavy atom. The fourth-order valence-corrected chi connectivity index (χ4v) is 0.684. The van der Waals surface area contributed by atoms with E-state index in [0.29, 0.717) is 5.70 Å². The minimum atomic E-state index is 0.612. The van der Waals surface area contributed by atoms with E-state index < -0.39 is 0 Å². The van der Waals surface area contributed by atoms with Gasteiger partial charge in [0.05, 0.1) is 5.70 Å². The number of hydrogen-bond acceptors (Lipinski definition) is 2. The highest BCUT2D eigenvalue weighted by molar-refractivity contribution is 5.41. The van der Waals surface area contributed by atoms with Crippen molar-refractivity contribution in [3.63, 3.8) is 0 Å². The molecule has 0 aromatic carbocycles. The van der Waals surface area contributed by atoms with Crippen molar-refractivity contribution in [1.82, 2.24) is 0 Å². The summed E-state index contributed by atoms with van der Waals surface area (Å²) in [5, 5.41) is 0. The monoisotopic (exact) mass is 145 g/mol. The van der Waals surface area contributed by atoms with Crippen LogP contribution in [0.4, 0.5) is 0 Å². The van der Waals surface area contributed by atoms with Gasteiger partial charge >= 0.3 is 0 Å². The summed E-state index contributed by atoms with van der Waals surface area (Å²) in [6, 6.07) is 0. The van der Waals surface area contributed by atoms with Gasteiger partial charge in [-0.3, -0.25) is 0 Å². The van der Waals surface area contributed by atoms with Gasteiger partial charge in [-0.15, -0.1) is 0 Å². The fraction of sp³-hybridized carbons (Fsp3) is 0. The first-order valence-electron chi connectivity index (χ1n) is 3.23. The van der Waals surface area contributed by atoms with Crippen molar-refractivity contribution in [3.8, 4) is 0 Å². The smallest absolute Gasteiger partial charge is 0.211 e. The summed E-state index contributed by atoms with van der Waals surface area (Å²) >= 11 is 0. The number of nitrogens with zero attached hydrogens (tertiary/aromatic N) is 1. The van der Waals surface area contributed by atoms with Gasteiger partial charge in [0.1, 0.15) is 0 Å². The second kappa shape index (κ2) is 4.20. The SMILES string of the molecule is O=C=NC1=C/C=C\C=C/C=C\1. The lowest BCUT2D eigenvalue weighted by atomic mass is 10.3. The Morgan fingerprint density at radius 1 is 1.09 bits per heavy atom. The molecule has 0 aromatic rings. The minimum absolute atomic E-state index is 0.612. The molecule has 0 spiro atoms. The average Bonchev–Trinajstić information content (AvgIpc) is 1.94. The summed E-state index contributed by atoms with van der Waals surface area (Å²) < 4.78 is 0. The zero-order valence-electron chi connectivity index (χ0n) is 5.90. The Labute approximate surface area is 65.0 Å². The van der Waals surface area contributed by atoms with Crippen molar-refractivity contribution in [2.24, 2.45) is 4.99 Å². The number of carbonyl (C=O) groups excluding carboxylic acids is 1. The van der Waals surface area contributed by atoms with Gasteiger partial charge in [0.15, 0.2) is 0 Å². The molecule has 1 rings (SSSR count). The van der Waals surface area contributed by atoms with Crippen LogP contribution >= 0.6 is 0 Å². The molecule has 0 bridgehead atoms. The van der Waals surface area contributed by atoms with E-state index in [1.807, 2.05) is 30.4 Å². The standard InChI is InChI=1S/C9H7NO/c11-8-10-9-6-4-2-1-3-5-7-9/h1-7H/b2-1-,3-1?,4-2?,5-3-,6-4-,7-5?,9-6?,9-7+. The summed E-state index contributed by atoms with van der Waals surface area (Å²) in [6.45, 7) is 0. The first-order chi connectivity index (χ1) is 5.43. The van der Waals surface area contributed by atoms with Crippen molar-refractivity contribution in [2.45, 2.75) is 0 Å². The molecule has 0 unspecified atom stereocenters. The quantitative estimate of drug-likeness (QED) is 0.409. The fourth-order valence-electron chi connectivity index (χ4n) is 0.684. The van der Waals surface area contributed by atoms with Gasteiger partial charge in [-0.25, -0.2) is 4.79 Å². The second-order valence-corrected chi connectivity index (χ2v) is 1.92. The van der Waals surface area contributed by atoms with Crippen molar-refractivity contribution in [2.75, 3.05) is 0 Å². The van der Waals surface area contributed by atoms with E-state index in [2.05, 4.69) is 4.99 Å². The molecule has 0 aromatic heterocycles. The Morgan fingerprint density at radius 3 is 2.64 bits per heavy atom. The third-order valence-corrected chi connectivity index (χ3v) is 1.15. The molecule has 0 heterocycles. The van der Waals surface area contributed by atoms with Gasteiger partial charge in [0.2, 0.25) is 6.08 Å². The summed E-state index contributed by atoms with van der Waals surface area (Å²) in [7, 11) is 0. The zero-order chi connectivity index (χ0) is 7.94. The van der Waals surface area contributed by atoms with Gasteiger partial charge in [-0.1, -0.05) is 30.4 Å². The van der Waals surface area contributed by atoms with Crippen LogP contribution in [-0.4, -0.2) is 6.08 Å². The average molecular weight is 145 g/mol. The minimum Gasteiger partial charge on any atom is -0.211 e. The van der Waals surface area contributed by atoms with E-state index in [4.69, 9.17) is 0 Å². The van der Waals surface area contributed by atoms with Crippen molar-refractivity contribution < 1.29 is 4.79 Å². The maximum Gasteiger partial charge on any atom is 0.240 e. The van der Waals surface area contributed by atoms with Gasteiger partial charge < -0.3 is 0 Å². The molecule has 0 aliphatic heterocycles. The molecule has 0 saturated heterocycles. The molecular formula is C9H7NO. The predicted molar refractivity (Wildman–Crippen MR) is 43.6 cm³/mol. The molecule has 2 heteroatoms. The molecule has 0 radical (unpaired) electrons. The van der Waals surface area contributed by atoms with Crippen LogP contribution in [0.25, 0.3) is 0 Å². The highest BCUT2D eigenvalue weighted by atomic mass is 16.1. The molecule has 1 aliphatic rings. The molecule has 1 aliphatic carbocycles. The van der Waals surface area contributed by atoms with Gasteiger partial charge in [-0.2, -0.15) is 4.99 Å². The van der Waals surface area contributed by atoms with E-state index in [0.717, 1.165) is 0 Å². The lowest BCUT2D eigenvalue weighted by Gasteiger charge is -1.87. The van der Waals surface area contributed by atoms with E-state index in [-0.39, 0.29) is 0 Å². The Bertz CT molecular complexity index is 289. The number of hydrogen-bond donors (Lipinski definition) is 0. The summed E-state index contributed by atoms with van der Waals surface area (Å²) in [6.07, 6.45) is 14.2. The largest absolute Gasteiger partial charge is 0.240 e. The van der Waals surface area contributed by atoms with Crippen molar-refractivity contribution in [1.29, 1.82) is 0 Å².